The molecule has 2 aromatic rings. The van der Waals surface area contributed by atoms with Crippen LogP contribution in [0.4, 0.5) is 8.78 Å². The molecule has 0 saturated heterocycles. The third kappa shape index (κ3) is 2.68. The third-order valence-corrected chi connectivity index (χ3v) is 2.97. The van der Waals surface area contributed by atoms with Crippen LogP contribution in [0.5, 0.6) is 0 Å². The van der Waals surface area contributed by atoms with Crippen molar-refractivity contribution in [3.8, 4) is 0 Å². The van der Waals surface area contributed by atoms with E-state index in [1.54, 1.807) is 25.2 Å². The summed E-state index contributed by atoms with van der Waals surface area (Å²) in [6.45, 7) is 0. The normalized spacial score (nSPS) is 12.4. The molecule has 0 aliphatic heterocycles. The van der Waals surface area contributed by atoms with Gasteiger partial charge in [-0.05, 0) is 42.9 Å². The second kappa shape index (κ2) is 5.46. The maximum atomic E-state index is 13.8. The van der Waals surface area contributed by atoms with Crippen LogP contribution >= 0.6 is 11.6 Å². The fourth-order valence-corrected chi connectivity index (χ4v) is 2.12. The first-order valence-electron chi connectivity index (χ1n) is 5.49. The largest absolute Gasteiger partial charge is 0.309 e. The van der Waals surface area contributed by atoms with E-state index < -0.39 is 17.7 Å². The Bertz CT molecular complexity index is 557. The van der Waals surface area contributed by atoms with Crippen molar-refractivity contribution in [2.45, 2.75) is 6.04 Å². The molecule has 1 nitrogen and oxygen atoms in total. The van der Waals surface area contributed by atoms with Gasteiger partial charge in [-0.1, -0.05) is 23.7 Å². The van der Waals surface area contributed by atoms with E-state index in [4.69, 9.17) is 11.6 Å². The zero-order chi connectivity index (χ0) is 13.1. The van der Waals surface area contributed by atoms with Crippen LogP contribution in [0.25, 0.3) is 0 Å². The molecule has 0 radical (unpaired) electrons. The number of hydrogen-bond acceptors (Lipinski definition) is 1. The third-order valence-electron chi connectivity index (χ3n) is 2.74. The van der Waals surface area contributed by atoms with Crippen molar-refractivity contribution in [2.24, 2.45) is 0 Å². The fraction of sp³-hybridized carbons (Fsp3) is 0.143. The van der Waals surface area contributed by atoms with Gasteiger partial charge in [-0.2, -0.15) is 0 Å². The van der Waals surface area contributed by atoms with Gasteiger partial charge in [0.05, 0.1) is 6.04 Å². The van der Waals surface area contributed by atoms with E-state index in [0.29, 0.717) is 5.02 Å². The highest BCUT2D eigenvalue weighted by atomic mass is 35.5. The number of halogens is 3. The molecule has 0 fully saturated rings. The molecular weight excluding hydrogens is 256 g/mol. The van der Waals surface area contributed by atoms with Gasteiger partial charge in [0, 0.05) is 10.6 Å². The summed E-state index contributed by atoms with van der Waals surface area (Å²) in [5.41, 5.74) is 1.05. The van der Waals surface area contributed by atoms with E-state index in [1.165, 1.54) is 6.07 Å². The average molecular weight is 268 g/mol. The number of benzene rings is 2. The van der Waals surface area contributed by atoms with Gasteiger partial charge < -0.3 is 5.32 Å². The summed E-state index contributed by atoms with van der Waals surface area (Å²) in [5, 5.41) is 3.52. The van der Waals surface area contributed by atoms with Crippen molar-refractivity contribution in [1.29, 1.82) is 0 Å². The first kappa shape index (κ1) is 13.0. The maximum Gasteiger partial charge on any atom is 0.128 e. The lowest BCUT2D eigenvalue weighted by atomic mass is 9.98. The Kier molecular flexibility index (Phi) is 3.94. The molecule has 1 atom stereocenters. The molecule has 0 spiro atoms. The molecular formula is C14H12ClF2N. The molecule has 0 heterocycles. The van der Waals surface area contributed by atoms with Gasteiger partial charge in [0.25, 0.3) is 0 Å². The molecule has 2 rings (SSSR count). The molecule has 0 aliphatic carbocycles. The fourth-order valence-electron chi connectivity index (χ4n) is 1.92. The van der Waals surface area contributed by atoms with Crippen molar-refractivity contribution in [2.75, 3.05) is 7.05 Å². The topological polar surface area (TPSA) is 12.0 Å². The van der Waals surface area contributed by atoms with Crippen LogP contribution in [-0.4, -0.2) is 7.05 Å². The summed E-state index contributed by atoms with van der Waals surface area (Å²) in [7, 11) is 1.69. The highest BCUT2D eigenvalue weighted by Gasteiger charge is 2.17. The van der Waals surface area contributed by atoms with Crippen LogP contribution in [0, 0.1) is 11.6 Å². The maximum absolute atomic E-state index is 13.8. The SMILES string of the molecule is CNC(c1cccc(Cl)c1)c1cc(F)ccc1F. The van der Waals surface area contributed by atoms with E-state index in [0.717, 1.165) is 17.7 Å². The Morgan fingerprint density at radius 3 is 2.56 bits per heavy atom. The predicted octanol–water partition coefficient (Wildman–Crippen LogP) is 3.93. The Labute approximate surface area is 109 Å². The van der Waals surface area contributed by atoms with E-state index >= 15 is 0 Å². The molecule has 0 amide bonds. The zero-order valence-electron chi connectivity index (χ0n) is 9.75. The summed E-state index contributed by atoms with van der Waals surface area (Å²) in [5.74, 6) is -0.913. The minimum Gasteiger partial charge on any atom is -0.309 e. The van der Waals surface area contributed by atoms with Gasteiger partial charge >= 0.3 is 0 Å². The van der Waals surface area contributed by atoms with E-state index in [-0.39, 0.29) is 5.56 Å². The van der Waals surface area contributed by atoms with Crippen LogP contribution in [-0.2, 0) is 0 Å². The van der Waals surface area contributed by atoms with Crippen LogP contribution < -0.4 is 5.32 Å². The molecule has 0 aromatic heterocycles. The molecule has 2 aromatic carbocycles. The number of nitrogens with one attached hydrogen (secondary N) is 1. The Morgan fingerprint density at radius 1 is 1.11 bits per heavy atom. The van der Waals surface area contributed by atoms with Gasteiger partial charge in [0.1, 0.15) is 11.6 Å². The monoisotopic (exact) mass is 267 g/mol. The molecule has 0 saturated carbocycles. The lowest BCUT2D eigenvalue weighted by molar-refractivity contribution is 0.558. The van der Waals surface area contributed by atoms with Crippen LogP contribution in [0.15, 0.2) is 42.5 Å². The van der Waals surface area contributed by atoms with Gasteiger partial charge in [-0.15, -0.1) is 0 Å². The lowest BCUT2D eigenvalue weighted by Gasteiger charge is -2.18. The Morgan fingerprint density at radius 2 is 1.89 bits per heavy atom. The molecule has 0 aliphatic rings. The van der Waals surface area contributed by atoms with Crippen molar-refractivity contribution < 1.29 is 8.78 Å². The van der Waals surface area contributed by atoms with Crippen LogP contribution in [0.1, 0.15) is 17.2 Å². The second-order valence-electron chi connectivity index (χ2n) is 3.94. The summed E-state index contributed by atoms with van der Waals surface area (Å²) >= 11 is 5.91. The summed E-state index contributed by atoms with van der Waals surface area (Å²) in [6.07, 6.45) is 0. The molecule has 4 heteroatoms. The molecule has 1 N–H and O–H groups in total. The van der Waals surface area contributed by atoms with E-state index in [2.05, 4.69) is 5.32 Å². The van der Waals surface area contributed by atoms with Crippen molar-refractivity contribution in [3.63, 3.8) is 0 Å². The first-order valence-corrected chi connectivity index (χ1v) is 5.87. The quantitative estimate of drug-likeness (QED) is 0.889. The van der Waals surface area contributed by atoms with Gasteiger partial charge in [0.15, 0.2) is 0 Å². The van der Waals surface area contributed by atoms with Crippen molar-refractivity contribution >= 4 is 11.6 Å². The first-order chi connectivity index (χ1) is 8.61. The van der Waals surface area contributed by atoms with Crippen molar-refractivity contribution in [3.05, 3.63) is 70.2 Å². The minimum atomic E-state index is -0.464. The molecule has 0 bridgehead atoms. The smallest absolute Gasteiger partial charge is 0.128 e. The average Bonchev–Trinajstić information content (AvgIpc) is 2.35. The highest BCUT2D eigenvalue weighted by Crippen LogP contribution is 2.26. The van der Waals surface area contributed by atoms with E-state index in [1.807, 2.05) is 6.07 Å². The van der Waals surface area contributed by atoms with E-state index in [9.17, 15) is 8.78 Å². The van der Waals surface area contributed by atoms with Crippen molar-refractivity contribution in [1.82, 2.24) is 5.32 Å². The summed E-state index contributed by atoms with van der Waals surface area (Å²) < 4.78 is 27.0. The summed E-state index contributed by atoms with van der Waals surface area (Å²) in [4.78, 5) is 0. The zero-order valence-corrected chi connectivity index (χ0v) is 10.5. The van der Waals surface area contributed by atoms with Gasteiger partial charge in [-0.25, -0.2) is 8.78 Å². The van der Waals surface area contributed by atoms with Gasteiger partial charge in [0.2, 0.25) is 0 Å². The summed E-state index contributed by atoms with van der Waals surface area (Å²) in [6, 6.07) is 10.0. The minimum absolute atomic E-state index is 0.264. The Hall–Kier alpha value is -1.45. The standard InChI is InChI=1S/C14H12ClF2N/c1-18-14(9-3-2-4-10(15)7-9)12-8-11(16)5-6-13(12)17/h2-8,14,18H,1H3. The number of hydrogen-bond donors (Lipinski definition) is 1. The van der Waals surface area contributed by atoms with Gasteiger partial charge in [-0.3, -0.25) is 0 Å². The molecule has 18 heavy (non-hydrogen) atoms. The van der Waals surface area contributed by atoms with Crippen LogP contribution in [0.3, 0.4) is 0 Å². The second-order valence-corrected chi connectivity index (χ2v) is 4.38. The molecule has 94 valence electrons. The number of rotatable bonds is 3. The lowest BCUT2D eigenvalue weighted by Crippen LogP contribution is -2.19. The van der Waals surface area contributed by atoms with Crippen LogP contribution in [0.2, 0.25) is 5.02 Å². The highest BCUT2D eigenvalue weighted by molar-refractivity contribution is 6.30. The molecule has 1 unspecified atom stereocenters. The predicted molar refractivity (Wildman–Crippen MR) is 68.7 cm³/mol. The Balaban J connectivity index is 2.48.